The molecule has 1 unspecified atom stereocenters. The van der Waals surface area contributed by atoms with Gasteiger partial charge in [0.2, 0.25) is 21.8 Å². The van der Waals surface area contributed by atoms with Crippen molar-refractivity contribution in [3.8, 4) is 0 Å². The standard InChI is InChI=1S/C25H34ClN3O4S/c1-19(24(31)27-25(2,3)4)28(18-20-11-9-12-21(26)17-20)23(30)15-10-16-29(34(5,32)33)22-13-7-6-8-14-22/h6-9,11-14,17,19H,10,15-16,18H2,1-5H3,(H,27,31). The van der Waals surface area contributed by atoms with Gasteiger partial charge in [0, 0.05) is 30.1 Å². The molecule has 2 rings (SSSR count). The number of carbonyl (C=O) groups excluding carboxylic acids is 2. The lowest BCUT2D eigenvalue weighted by molar-refractivity contribution is -0.141. The first-order chi connectivity index (χ1) is 15.8. The molecule has 0 aliphatic carbocycles. The van der Waals surface area contributed by atoms with Gasteiger partial charge >= 0.3 is 0 Å². The molecule has 0 radical (unpaired) electrons. The summed E-state index contributed by atoms with van der Waals surface area (Å²) in [5.74, 6) is -0.497. The van der Waals surface area contributed by atoms with Crippen molar-refractivity contribution in [1.29, 1.82) is 0 Å². The van der Waals surface area contributed by atoms with Crippen molar-refractivity contribution >= 4 is 39.1 Å². The number of amides is 2. The predicted molar refractivity (Wildman–Crippen MR) is 137 cm³/mol. The van der Waals surface area contributed by atoms with Gasteiger partial charge in [-0.25, -0.2) is 8.42 Å². The molecular formula is C25H34ClN3O4S. The van der Waals surface area contributed by atoms with Gasteiger partial charge in [-0.3, -0.25) is 13.9 Å². The Bertz CT molecular complexity index is 1080. The first-order valence-electron chi connectivity index (χ1n) is 11.2. The van der Waals surface area contributed by atoms with Crippen LogP contribution in [0.4, 0.5) is 5.69 Å². The zero-order chi connectivity index (χ0) is 25.5. The predicted octanol–water partition coefficient (Wildman–Crippen LogP) is 4.22. The second-order valence-corrected chi connectivity index (χ2v) is 11.7. The number of halogens is 1. The van der Waals surface area contributed by atoms with Gasteiger partial charge in [0.05, 0.1) is 11.9 Å². The van der Waals surface area contributed by atoms with Crippen molar-refractivity contribution in [2.45, 2.75) is 58.7 Å². The number of rotatable bonds is 10. The highest BCUT2D eigenvalue weighted by atomic mass is 35.5. The summed E-state index contributed by atoms with van der Waals surface area (Å²) < 4.78 is 25.9. The molecule has 0 saturated carbocycles. The molecule has 9 heteroatoms. The molecule has 186 valence electrons. The van der Waals surface area contributed by atoms with Crippen LogP contribution in [0, 0.1) is 0 Å². The number of nitrogens with one attached hydrogen (secondary N) is 1. The van der Waals surface area contributed by atoms with Crippen molar-refractivity contribution in [1.82, 2.24) is 10.2 Å². The molecule has 0 aromatic heterocycles. The molecule has 1 atom stereocenters. The number of anilines is 1. The number of benzene rings is 2. The molecule has 0 fully saturated rings. The Balaban J connectivity index is 2.17. The molecule has 0 heterocycles. The first-order valence-corrected chi connectivity index (χ1v) is 13.4. The van der Waals surface area contributed by atoms with Gasteiger partial charge in [0.1, 0.15) is 6.04 Å². The van der Waals surface area contributed by atoms with Crippen LogP contribution in [0.5, 0.6) is 0 Å². The largest absolute Gasteiger partial charge is 0.350 e. The zero-order valence-corrected chi connectivity index (χ0v) is 22.0. The minimum absolute atomic E-state index is 0.0898. The fourth-order valence-corrected chi connectivity index (χ4v) is 4.67. The maximum Gasteiger partial charge on any atom is 0.242 e. The first kappa shape index (κ1) is 27.7. The third kappa shape index (κ3) is 8.65. The average Bonchev–Trinajstić information content (AvgIpc) is 2.73. The van der Waals surface area contributed by atoms with Crippen LogP contribution in [0.3, 0.4) is 0 Å². The molecule has 0 aliphatic rings. The van der Waals surface area contributed by atoms with Gasteiger partial charge in [-0.15, -0.1) is 0 Å². The number of hydrogen-bond donors (Lipinski definition) is 1. The van der Waals surface area contributed by atoms with E-state index in [1.165, 1.54) is 9.21 Å². The molecule has 34 heavy (non-hydrogen) atoms. The van der Waals surface area contributed by atoms with Crippen molar-refractivity contribution in [3.05, 3.63) is 65.2 Å². The summed E-state index contributed by atoms with van der Waals surface area (Å²) in [5, 5.41) is 3.47. The Morgan fingerprint density at radius 1 is 1.06 bits per heavy atom. The van der Waals surface area contributed by atoms with E-state index in [-0.39, 0.29) is 31.3 Å². The maximum absolute atomic E-state index is 13.3. The maximum atomic E-state index is 13.3. The van der Waals surface area contributed by atoms with Gasteiger partial charge in [0.25, 0.3) is 0 Å². The SMILES string of the molecule is CC(C(=O)NC(C)(C)C)N(Cc1cccc(Cl)c1)C(=O)CCCN(c1ccccc1)S(C)(=O)=O. The molecule has 0 bridgehead atoms. The Labute approximate surface area is 208 Å². The monoisotopic (exact) mass is 507 g/mol. The Kier molecular flexibility index (Phi) is 9.53. The molecule has 2 aromatic rings. The van der Waals surface area contributed by atoms with Crippen LogP contribution in [-0.2, 0) is 26.2 Å². The summed E-state index contributed by atoms with van der Waals surface area (Å²) in [6, 6.07) is 15.2. The van der Waals surface area contributed by atoms with E-state index >= 15 is 0 Å². The van der Waals surface area contributed by atoms with Crippen molar-refractivity contribution < 1.29 is 18.0 Å². The van der Waals surface area contributed by atoms with Crippen LogP contribution < -0.4 is 9.62 Å². The molecular weight excluding hydrogens is 474 g/mol. The molecule has 0 spiro atoms. The van der Waals surface area contributed by atoms with Crippen LogP contribution in [0.1, 0.15) is 46.1 Å². The van der Waals surface area contributed by atoms with Crippen LogP contribution in [-0.4, -0.2) is 49.5 Å². The van der Waals surface area contributed by atoms with Crippen molar-refractivity contribution in [2.24, 2.45) is 0 Å². The lowest BCUT2D eigenvalue weighted by Gasteiger charge is -2.32. The van der Waals surface area contributed by atoms with Gasteiger partial charge in [-0.1, -0.05) is 41.9 Å². The minimum atomic E-state index is -3.51. The van der Waals surface area contributed by atoms with E-state index < -0.39 is 21.6 Å². The number of carbonyl (C=O) groups is 2. The number of para-hydroxylation sites is 1. The van der Waals surface area contributed by atoms with Crippen molar-refractivity contribution in [2.75, 3.05) is 17.1 Å². The summed E-state index contributed by atoms with van der Waals surface area (Å²) in [6.45, 7) is 7.70. The normalized spacial score (nSPS) is 12.6. The summed E-state index contributed by atoms with van der Waals surface area (Å²) in [7, 11) is -3.51. The fraction of sp³-hybridized carbons (Fsp3) is 0.440. The van der Waals surface area contributed by atoms with Crippen molar-refractivity contribution in [3.63, 3.8) is 0 Å². The molecule has 2 amide bonds. The topological polar surface area (TPSA) is 86.8 Å². The summed E-state index contributed by atoms with van der Waals surface area (Å²) in [5.41, 5.74) is 0.909. The highest BCUT2D eigenvalue weighted by Crippen LogP contribution is 2.19. The van der Waals surface area contributed by atoms with Gasteiger partial charge in [0.15, 0.2) is 0 Å². The highest BCUT2D eigenvalue weighted by molar-refractivity contribution is 7.92. The molecule has 1 N–H and O–H groups in total. The van der Waals surface area contributed by atoms with Crippen LogP contribution in [0.25, 0.3) is 0 Å². The summed E-state index contributed by atoms with van der Waals surface area (Å²) in [4.78, 5) is 27.6. The summed E-state index contributed by atoms with van der Waals surface area (Å²) in [6.07, 6.45) is 1.54. The van der Waals surface area contributed by atoms with Crippen LogP contribution in [0.15, 0.2) is 54.6 Å². The van der Waals surface area contributed by atoms with E-state index in [0.717, 1.165) is 11.8 Å². The number of hydrogen-bond acceptors (Lipinski definition) is 4. The average molecular weight is 508 g/mol. The third-order valence-electron chi connectivity index (χ3n) is 5.10. The Morgan fingerprint density at radius 2 is 1.71 bits per heavy atom. The lowest BCUT2D eigenvalue weighted by atomic mass is 10.1. The van der Waals surface area contributed by atoms with Gasteiger partial charge in [-0.2, -0.15) is 0 Å². The van der Waals surface area contributed by atoms with Gasteiger partial charge < -0.3 is 10.2 Å². The third-order valence-corrected chi connectivity index (χ3v) is 6.53. The second-order valence-electron chi connectivity index (χ2n) is 9.34. The Hall–Kier alpha value is -2.58. The second kappa shape index (κ2) is 11.7. The molecule has 0 aliphatic heterocycles. The van der Waals surface area contributed by atoms with Gasteiger partial charge in [-0.05, 0) is 63.9 Å². The van der Waals surface area contributed by atoms with E-state index in [2.05, 4.69) is 5.32 Å². The molecule has 0 saturated heterocycles. The smallest absolute Gasteiger partial charge is 0.242 e. The fourth-order valence-electron chi connectivity index (χ4n) is 3.49. The number of nitrogens with zero attached hydrogens (tertiary/aromatic N) is 2. The quantitative estimate of drug-likeness (QED) is 0.521. The van der Waals surface area contributed by atoms with E-state index in [1.54, 1.807) is 49.4 Å². The van der Waals surface area contributed by atoms with E-state index in [4.69, 9.17) is 11.6 Å². The highest BCUT2D eigenvalue weighted by Gasteiger charge is 2.28. The minimum Gasteiger partial charge on any atom is -0.350 e. The summed E-state index contributed by atoms with van der Waals surface area (Å²) >= 11 is 6.11. The number of sulfonamides is 1. The Morgan fingerprint density at radius 3 is 2.26 bits per heavy atom. The molecule has 7 nitrogen and oxygen atoms in total. The van der Waals surface area contributed by atoms with E-state index in [1.807, 2.05) is 32.9 Å². The van der Waals surface area contributed by atoms with Crippen LogP contribution >= 0.6 is 11.6 Å². The van der Waals surface area contributed by atoms with Crippen LogP contribution in [0.2, 0.25) is 5.02 Å². The van der Waals surface area contributed by atoms with E-state index in [0.29, 0.717) is 17.1 Å². The molecule has 2 aromatic carbocycles. The van der Waals surface area contributed by atoms with E-state index in [9.17, 15) is 18.0 Å². The zero-order valence-electron chi connectivity index (χ0n) is 20.4. The lowest BCUT2D eigenvalue weighted by Crippen LogP contribution is -2.52.